The number of H-pyrrole nitrogens is 1. The second-order valence-corrected chi connectivity index (χ2v) is 7.93. The maximum absolute atomic E-state index is 12.1. The lowest BCUT2D eigenvalue weighted by molar-refractivity contribution is -0.118. The summed E-state index contributed by atoms with van der Waals surface area (Å²) in [5.74, 6) is 0.525. The van der Waals surface area contributed by atoms with Gasteiger partial charge in [0.1, 0.15) is 0 Å². The number of aryl methyl sites for hydroxylation is 1. The third kappa shape index (κ3) is 8.42. The molecule has 1 amide bonds. The Kier molecular flexibility index (Phi) is 11.6. The smallest absolute Gasteiger partial charge is 0.280 e. The Morgan fingerprint density at radius 2 is 2.03 bits per heavy atom. The predicted molar refractivity (Wildman–Crippen MR) is 120 cm³/mol. The summed E-state index contributed by atoms with van der Waals surface area (Å²) in [7, 11) is 1.59. The zero-order valence-corrected chi connectivity index (χ0v) is 19.4. The van der Waals surface area contributed by atoms with Gasteiger partial charge >= 0.3 is 0 Å². The minimum absolute atomic E-state index is 0.101. The molecule has 2 rings (SSSR count). The first-order valence-corrected chi connectivity index (χ1v) is 10.8. The monoisotopic (exact) mass is 442 g/mol. The average Bonchev–Trinajstić information content (AvgIpc) is 3.12. The number of anilines is 1. The van der Waals surface area contributed by atoms with Crippen molar-refractivity contribution in [2.45, 2.75) is 60.1 Å². The molecule has 0 aromatic carbocycles. The van der Waals surface area contributed by atoms with Gasteiger partial charge in [0.2, 0.25) is 11.9 Å². The van der Waals surface area contributed by atoms with E-state index in [0.717, 1.165) is 18.1 Å². The molecule has 0 spiro atoms. The van der Waals surface area contributed by atoms with E-state index in [4.69, 9.17) is 14.1 Å². The van der Waals surface area contributed by atoms with E-state index in [1.165, 1.54) is 12.7 Å². The number of methoxy groups -OCH3 is 1. The fourth-order valence-corrected chi connectivity index (χ4v) is 2.34. The van der Waals surface area contributed by atoms with E-state index in [2.05, 4.69) is 41.0 Å². The highest BCUT2D eigenvalue weighted by molar-refractivity contribution is 7.92. The molecular formula is C19H34N6O4S. The van der Waals surface area contributed by atoms with E-state index < -0.39 is 5.56 Å². The quantitative estimate of drug-likeness (QED) is 0.377. The molecule has 0 radical (unpaired) electrons. The third-order valence-electron chi connectivity index (χ3n) is 4.40. The molecule has 30 heavy (non-hydrogen) atoms. The van der Waals surface area contributed by atoms with Crippen LogP contribution in [0.25, 0.3) is 11.2 Å². The predicted octanol–water partition coefficient (Wildman–Crippen LogP) is 2.71. The van der Waals surface area contributed by atoms with Crippen molar-refractivity contribution in [1.82, 2.24) is 19.5 Å². The number of aromatic nitrogens is 4. The summed E-state index contributed by atoms with van der Waals surface area (Å²) in [6.07, 6.45) is 3.30. The standard InChI is InChI=1S/C14H22N6O4S.C5H12/c1-8(2)12(21)18-14-17-11-10(13(22)19-14)16-7-20(11)5-4-9(23-3)6-24-25-15;1-4-5(2)3/h7-9H,4-6,15H2,1-3H3,(H2,17,18,19,21,22);5H,4H2,1-3H3. The normalized spacial score (nSPS) is 12.2. The summed E-state index contributed by atoms with van der Waals surface area (Å²) in [6.45, 7) is 11.0. The van der Waals surface area contributed by atoms with Gasteiger partial charge in [-0.3, -0.25) is 29.2 Å². The number of hydrogen-bond donors (Lipinski definition) is 3. The van der Waals surface area contributed by atoms with Crippen LogP contribution in [-0.4, -0.2) is 45.2 Å². The molecule has 0 aliphatic heterocycles. The summed E-state index contributed by atoms with van der Waals surface area (Å²) >= 11 is 0.786. The number of aromatic amines is 1. The zero-order chi connectivity index (χ0) is 22.7. The number of carbonyl (C=O) groups excluding carboxylic acids is 1. The van der Waals surface area contributed by atoms with Crippen LogP contribution in [0.4, 0.5) is 5.95 Å². The maximum atomic E-state index is 12.1. The van der Waals surface area contributed by atoms with E-state index in [9.17, 15) is 9.59 Å². The van der Waals surface area contributed by atoms with Crippen LogP contribution >= 0.6 is 12.2 Å². The number of nitrogens with two attached hydrogens (primary N) is 1. The minimum Gasteiger partial charge on any atom is -0.379 e. The van der Waals surface area contributed by atoms with Gasteiger partial charge in [-0.05, 0) is 12.3 Å². The number of imidazole rings is 1. The Hall–Kier alpha value is -1.95. The van der Waals surface area contributed by atoms with Gasteiger partial charge in [-0.25, -0.2) is 4.98 Å². The number of hydrogen-bond acceptors (Lipinski definition) is 8. The lowest BCUT2D eigenvalue weighted by Crippen LogP contribution is -2.22. The Morgan fingerprint density at radius 3 is 2.57 bits per heavy atom. The lowest BCUT2D eigenvalue weighted by Gasteiger charge is -2.14. The molecule has 2 heterocycles. The van der Waals surface area contributed by atoms with Gasteiger partial charge in [0.25, 0.3) is 5.56 Å². The number of nitrogens with one attached hydrogen (secondary N) is 2. The first kappa shape index (κ1) is 26.1. The SMILES string of the molecule is CCC(C)C.COC(CCn1cnc2c(=O)[nH]c(NC(=O)C(C)C)nc21)COSN. The van der Waals surface area contributed by atoms with E-state index >= 15 is 0 Å². The van der Waals surface area contributed by atoms with E-state index in [1.807, 2.05) is 0 Å². The molecule has 0 saturated carbocycles. The summed E-state index contributed by atoms with van der Waals surface area (Å²) in [5, 5.41) is 7.82. The molecule has 0 saturated heterocycles. The highest BCUT2D eigenvalue weighted by Gasteiger charge is 2.15. The zero-order valence-electron chi connectivity index (χ0n) is 18.6. The highest BCUT2D eigenvalue weighted by Crippen LogP contribution is 2.11. The van der Waals surface area contributed by atoms with Gasteiger partial charge in [-0.1, -0.05) is 41.0 Å². The molecule has 1 unspecified atom stereocenters. The Labute approximate surface area is 181 Å². The van der Waals surface area contributed by atoms with Gasteiger partial charge in [-0.15, -0.1) is 0 Å². The van der Waals surface area contributed by atoms with Crippen LogP contribution in [0, 0.1) is 11.8 Å². The van der Waals surface area contributed by atoms with Crippen LogP contribution in [-0.2, 0) is 20.3 Å². The van der Waals surface area contributed by atoms with Crippen LogP contribution < -0.4 is 16.0 Å². The molecule has 0 fully saturated rings. The second-order valence-electron chi connectivity index (χ2n) is 7.50. The molecule has 0 aliphatic rings. The molecule has 10 nitrogen and oxygen atoms in total. The van der Waals surface area contributed by atoms with Crippen molar-refractivity contribution in [2.24, 2.45) is 17.0 Å². The van der Waals surface area contributed by atoms with Gasteiger partial charge in [0, 0.05) is 19.6 Å². The molecule has 2 aromatic heterocycles. The molecule has 0 aliphatic carbocycles. The van der Waals surface area contributed by atoms with E-state index in [1.54, 1.807) is 25.5 Å². The first-order chi connectivity index (χ1) is 14.2. The van der Waals surface area contributed by atoms with Crippen molar-refractivity contribution in [2.75, 3.05) is 19.0 Å². The van der Waals surface area contributed by atoms with Gasteiger partial charge in [0.05, 0.1) is 31.3 Å². The topological polar surface area (TPSA) is 137 Å². The van der Waals surface area contributed by atoms with Gasteiger partial charge < -0.3 is 9.30 Å². The largest absolute Gasteiger partial charge is 0.379 e. The fourth-order valence-electron chi connectivity index (χ4n) is 2.11. The summed E-state index contributed by atoms with van der Waals surface area (Å²) < 4.78 is 12.1. The molecule has 1 atom stereocenters. The number of ether oxygens (including phenoxy) is 1. The molecule has 2 aromatic rings. The highest BCUT2D eigenvalue weighted by atomic mass is 32.2. The lowest BCUT2D eigenvalue weighted by atomic mass is 10.2. The first-order valence-electron chi connectivity index (χ1n) is 10.0. The average molecular weight is 443 g/mol. The van der Waals surface area contributed by atoms with Crippen LogP contribution in [0.1, 0.15) is 47.5 Å². The Morgan fingerprint density at radius 1 is 1.37 bits per heavy atom. The maximum Gasteiger partial charge on any atom is 0.280 e. The number of rotatable bonds is 10. The van der Waals surface area contributed by atoms with Crippen molar-refractivity contribution < 1.29 is 13.7 Å². The number of amides is 1. The second kappa shape index (κ2) is 13.4. The minimum atomic E-state index is -0.408. The van der Waals surface area contributed by atoms with Crippen molar-refractivity contribution in [3.05, 3.63) is 16.7 Å². The molecular weight excluding hydrogens is 408 g/mol. The van der Waals surface area contributed by atoms with Crippen molar-refractivity contribution in [1.29, 1.82) is 0 Å². The Bertz CT molecular complexity index is 836. The Balaban J connectivity index is 0.000000804. The van der Waals surface area contributed by atoms with Crippen LogP contribution in [0.15, 0.2) is 11.1 Å². The fraction of sp³-hybridized carbons (Fsp3) is 0.684. The van der Waals surface area contributed by atoms with E-state index in [0.29, 0.717) is 25.2 Å². The van der Waals surface area contributed by atoms with Crippen molar-refractivity contribution >= 4 is 35.2 Å². The molecule has 0 bridgehead atoms. The van der Waals surface area contributed by atoms with Crippen LogP contribution in [0.2, 0.25) is 0 Å². The van der Waals surface area contributed by atoms with Gasteiger partial charge in [0.15, 0.2) is 11.2 Å². The van der Waals surface area contributed by atoms with Crippen molar-refractivity contribution in [3.8, 4) is 0 Å². The molecule has 11 heteroatoms. The summed E-state index contributed by atoms with van der Waals surface area (Å²) in [5.41, 5.74) is 0.200. The summed E-state index contributed by atoms with van der Waals surface area (Å²) in [6, 6.07) is 0. The molecule has 4 N–H and O–H groups in total. The third-order valence-corrected chi connectivity index (χ3v) is 4.68. The number of nitrogens with zero attached hydrogens (tertiary/aromatic N) is 3. The molecule has 170 valence electrons. The number of fused-ring (bicyclic) bond motifs is 1. The van der Waals surface area contributed by atoms with E-state index in [-0.39, 0.29) is 29.4 Å². The van der Waals surface area contributed by atoms with Crippen LogP contribution in [0.5, 0.6) is 0 Å². The summed E-state index contributed by atoms with van der Waals surface area (Å²) in [4.78, 5) is 34.8. The van der Waals surface area contributed by atoms with Crippen LogP contribution in [0.3, 0.4) is 0 Å². The van der Waals surface area contributed by atoms with Gasteiger partial charge in [-0.2, -0.15) is 4.98 Å². The van der Waals surface area contributed by atoms with Crippen molar-refractivity contribution in [3.63, 3.8) is 0 Å². The number of carbonyl (C=O) groups is 1.